The molecule has 1 aliphatic heterocycles. The number of carbonyl (C=O) groups excluding carboxylic acids is 2. The Hall–Kier alpha value is -1.66. The Morgan fingerprint density at radius 2 is 2.17 bits per heavy atom. The molecule has 7 heteroatoms. The molecule has 0 aliphatic carbocycles. The number of methoxy groups -OCH3 is 1. The number of amides is 1. The Kier molecular flexibility index (Phi) is 6.36. The minimum atomic E-state index is -0.608. The standard InChI is InChI=1S/C16H18ClNO4S/c1-21-16(20)13(7-8-23-2)18-10-11(9-15(18)19)22-14-6-4-3-5-12(14)17/h3-6,9,13H,7-8,10H2,1-2H3. The minimum absolute atomic E-state index is 0.220. The normalized spacial score (nSPS) is 15.3. The van der Waals surface area contributed by atoms with Crippen LogP contribution >= 0.6 is 23.4 Å². The van der Waals surface area contributed by atoms with Crippen molar-refractivity contribution in [2.45, 2.75) is 12.5 Å². The van der Waals surface area contributed by atoms with Gasteiger partial charge in [-0.3, -0.25) is 4.79 Å². The molecule has 2 rings (SSSR count). The fourth-order valence-electron chi connectivity index (χ4n) is 2.27. The Balaban J connectivity index is 2.08. The Bertz CT molecular complexity index is 620. The molecule has 1 aliphatic rings. The van der Waals surface area contributed by atoms with Gasteiger partial charge in [0.25, 0.3) is 5.91 Å². The number of hydrogen-bond donors (Lipinski definition) is 0. The third-order valence-electron chi connectivity index (χ3n) is 3.42. The van der Waals surface area contributed by atoms with Gasteiger partial charge in [0.1, 0.15) is 17.6 Å². The summed E-state index contributed by atoms with van der Waals surface area (Å²) in [5, 5.41) is 0.464. The molecule has 1 unspecified atom stereocenters. The fraction of sp³-hybridized carbons (Fsp3) is 0.375. The van der Waals surface area contributed by atoms with Crippen LogP contribution in [0.2, 0.25) is 5.02 Å². The molecule has 1 aromatic carbocycles. The van der Waals surface area contributed by atoms with Crippen LogP contribution < -0.4 is 4.74 Å². The smallest absolute Gasteiger partial charge is 0.328 e. The predicted octanol–water partition coefficient (Wildman–Crippen LogP) is 2.74. The van der Waals surface area contributed by atoms with E-state index in [1.807, 2.05) is 6.26 Å². The highest BCUT2D eigenvalue weighted by molar-refractivity contribution is 7.98. The van der Waals surface area contributed by atoms with E-state index in [-0.39, 0.29) is 12.5 Å². The summed E-state index contributed by atoms with van der Waals surface area (Å²) >= 11 is 7.66. The zero-order valence-electron chi connectivity index (χ0n) is 13.0. The fourth-order valence-corrected chi connectivity index (χ4v) is 2.91. The molecule has 124 valence electrons. The molecule has 0 saturated heterocycles. The summed E-state index contributed by atoms with van der Waals surface area (Å²) in [5.41, 5.74) is 0. The number of esters is 1. The molecule has 1 atom stereocenters. The molecule has 1 aromatic rings. The SMILES string of the molecule is COC(=O)C(CCSC)N1CC(Oc2ccccc2Cl)=CC1=O. The second-order valence-electron chi connectivity index (χ2n) is 4.93. The maximum Gasteiger partial charge on any atom is 0.328 e. The summed E-state index contributed by atoms with van der Waals surface area (Å²) in [5.74, 6) is 1.02. The van der Waals surface area contributed by atoms with Gasteiger partial charge in [0.15, 0.2) is 0 Å². The zero-order valence-corrected chi connectivity index (χ0v) is 14.5. The number of halogens is 1. The Labute approximate surface area is 144 Å². The highest BCUT2D eigenvalue weighted by Gasteiger charge is 2.34. The van der Waals surface area contributed by atoms with Crippen LogP contribution in [-0.2, 0) is 14.3 Å². The van der Waals surface area contributed by atoms with Gasteiger partial charge in [0.2, 0.25) is 0 Å². The number of nitrogens with zero attached hydrogens (tertiary/aromatic N) is 1. The summed E-state index contributed by atoms with van der Waals surface area (Å²) in [4.78, 5) is 25.6. The topological polar surface area (TPSA) is 55.8 Å². The van der Waals surface area contributed by atoms with Gasteiger partial charge in [-0.25, -0.2) is 4.79 Å². The summed E-state index contributed by atoms with van der Waals surface area (Å²) in [7, 11) is 1.32. The first-order valence-electron chi connectivity index (χ1n) is 7.07. The third kappa shape index (κ3) is 4.42. The molecule has 1 heterocycles. The van der Waals surface area contributed by atoms with Crippen molar-refractivity contribution in [1.29, 1.82) is 0 Å². The second kappa shape index (κ2) is 8.26. The van der Waals surface area contributed by atoms with E-state index in [9.17, 15) is 9.59 Å². The van der Waals surface area contributed by atoms with Crippen molar-refractivity contribution in [3.63, 3.8) is 0 Å². The monoisotopic (exact) mass is 355 g/mol. The molecular weight excluding hydrogens is 338 g/mol. The maximum absolute atomic E-state index is 12.2. The molecular formula is C16H18ClNO4S. The molecule has 5 nitrogen and oxygen atoms in total. The van der Waals surface area contributed by atoms with Crippen molar-refractivity contribution in [3.05, 3.63) is 41.1 Å². The lowest BCUT2D eigenvalue weighted by Crippen LogP contribution is -2.43. The van der Waals surface area contributed by atoms with Crippen LogP contribution in [0.25, 0.3) is 0 Å². The van der Waals surface area contributed by atoms with Crippen molar-refractivity contribution in [1.82, 2.24) is 4.90 Å². The number of hydrogen-bond acceptors (Lipinski definition) is 5. The van der Waals surface area contributed by atoms with Crippen molar-refractivity contribution >= 4 is 35.2 Å². The van der Waals surface area contributed by atoms with Gasteiger partial charge in [-0.2, -0.15) is 11.8 Å². The molecule has 0 fully saturated rings. The average molecular weight is 356 g/mol. The van der Waals surface area contributed by atoms with Gasteiger partial charge >= 0.3 is 5.97 Å². The molecule has 0 aromatic heterocycles. The number of para-hydroxylation sites is 1. The van der Waals surface area contributed by atoms with E-state index >= 15 is 0 Å². The highest BCUT2D eigenvalue weighted by atomic mass is 35.5. The van der Waals surface area contributed by atoms with E-state index in [0.717, 1.165) is 5.75 Å². The van der Waals surface area contributed by atoms with Crippen LogP contribution in [0.4, 0.5) is 0 Å². The molecule has 1 amide bonds. The number of benzene rings is 1. The van der Waals surface area contributed by atoms with Crippen LogP contribution in [0, 0.1) is 0 Å². The molecule has 0 N–H and O–H groups in total. The van der Waals surface area contributed by atoms with E-state index in [2.05, 4.69) is 0 Å². The van der Waals surface area contributed by atoms with Gasteiger partial charge < -0.3 is 14.4 Å². The van der Waals surface area contributed by atoms with Crippen molar-refractivity contribution < 1.29 is 19.1 Å². The lowest BCUT2D eigenvalue weighted by Gasteiger charge is -2.25. The molecule has 0 saturated carbocycles. The summed E-state index contributed by atoms with van der Waals surface area (Å²) in [6.45, 7) is 0.220. The number of thioether (sulfide) groups is 1. The van der Waals surface area contributed by atoms with Gasteiger partial charge in [-0.1, -0.05) is 23.7 Å². The average Bonchev–Trinajstić information content (AvgIpc) is 2.90. The molecule has 23 heavy (non-hydrogen) atoms. The van der Waals surface area contributed by atoms with Gasteiger partial charge in [0, 0.05) is 6.08 Å². The van der Waals surface area contributed by atoms with E-state index in [4.69, 9.17) is 21.1 Å². The first-order valence-corrected chi connectivity index (χ1v) is 8.84. The summed E-state index contributed by atoms with van der Waals surface area (Å²) in [6, 6.07) is 6.42. The zero-order chi connectivity index (χ0) is 16.8. The van der Waals surface area contributed by atoms with Crippen molar-refractivity contribution in [2.24, 2.45) is 0 Å². The molecule has 0 spiro atoms. The van der Waals surface area contributed by atoms with E-state index in [1.165, 1.54) is 18.1 Å². The highest BCUT2D eigenvalue weighted by Crippen LogP contribution is 2.27. The van der Waals surface area contributed by atoms with Crippen LogP contribution in [0.3, 0.4) is 0 Å². The van der Waals surface area contributed by atoms with E-state index in [1.54, 1.807) is 36.0 Å². The number of ether oxygens (including phenoxy) is 2. The van der Waals surface area contributed by atoms with E-state index in [0.29, 0.717) is 23.0 Å². The van der Waals surface area contributed by atoms with E-state index < -0.39 is 12.0 Å². The largest absolute Gasteiger partial charge is 0.467 e. The first kappa shape index (κ1) is 17.7. The predicted molar refractivity (Wildman–Crippen MR) is 90.7 cm³/mol. The molecule has 0 radical (unpaired) electrons. The Morgan fingerprint density at radius 1 is 1.43 bits per heavy atom. The lowest BCUT2D eigenvalue weighted by molar-refractivity contribution is -0.150. The number of rotatable bonds is 7. The van der Waals surface area contributed by atoms with Crippen LogP contribution in [-0.4, -0.2) is 48.5 Å². The second-order valence-corrected chi connectivity index (χ2v) is 6.32. The van der Waals surface area contributed by atoms with Crippen LogP contribution in [0.1, 0.15) is 6.42 Å². The van der Waals surface area contributed by atoms with Crippen LogP contribution in [0.15, 0.2) is 36.1 Å². The molecule has 0 bridgehead atoms. The summed E-state index contributed by atoms with van der Waals surface area (Å²) in [6.07, 6.45) is 3.87. The van der Waals surface area contributed by atoms with Gasteiger partial charge in [-0.15, -0.1) is 0 Å². The van der Waals surface area contributed by atoms with Crippen molar-refractivity contribution in [3.8, 4) is 5.75 Å². The van der Waals surface area contributed by atoms with Gasteiger partial charge in [-0.05, 0) is 30.6 Å². The summed E-state index contributed by atoms with van der Waals surface area (Å²) < 4.78 is 10.5. The quantitative estimate of drug-likeness (QED) is 0.704. The van der Waals surface area contributed by atoms with Crippen LogP contribution in [0.5, 0.6) is 5.75 Å². The first-order chi connectivity index (χ1) is 11.1. The third-order valence-corrected chi connectivity index (χ3v) is 4.37. The Morgan fingerprint density at radius 3 is 2.83 bits per heavy atom. The number of carbonyl (C=O) groups is 2. The minimum Gasteiger partial charge on any atom is -0.467 e. The lowest BCUT2D eigenvalue weighted by atomic mass is 10.2. The maximum atomic E-state index is 12.2. The van der Waals surface area contributed by atoms with Gasteiger partial charge in [0.05, 0.1) is 18.7 Å². The van der Waals surface area contributed by atoms with Crippen molar-refractivity contribution in [2.75, 3.05) is 25.7 Å².